The molecule has 36 heavy (non-hydrogen) atoms. The molecule has 2 heterocycles. The predicted molar refractivity (Wildman–Crippen MR) is 146 cm³/mol. The Hall–Kier alpha value is -2.81. The zero-order chi connectivity index (χ0) is 26.1. The molecule has 0 atom stereocenters. The largest absolute Gasteiger partial charge is 0.498 e. The van der Waals surface area contributed by atoms with Gasteiger partial charge in [-0.1, -0.05) is 18.2 Å². The fourth-order valence-electron chi connectivity index (χ4n) is 4.06. The van der Waals surface area contributed by atoms with E-state index in [-0.39, 0.29) is 5.91 Å². The van der Waals surface area contributed by atoms with E-state index in [9.17, 15) is 4.79 Å². The van der Waals surface area contributed by atoms with Crippen LogP contribution in [0, 0.1) is 6.92 Å². The lowest BCUT2D eigenvalue weighted by Gasteiger charge is -2.32. The van der Waals surface area contributed by atoms with Gasteiger partial charge in [-0.25, -0.2) is 0 Å². The molecular formula is C28H33BN2O4S. The number of carbonyl (C=O) groups is 1. The number of carbonyl (C=O) groups excluding carboxylic acids is 1. The number of pyridine rings is 1. The first kappa shape index (κ1) is 26.3. The number of aromatic nitrogens is 1. The number of nitrogens with zero attached hydrogens (tertiary/aromatic N) is 1. The van der Waals surface area contributed by atoms with Crippen LogP contribution >= 0.6 is 11.8 Å². The van der Waals surface area contributed by atoms with Crippen molar-refractivity contribution in [2.24, 2.45) is 0 Å². The first-order valence-electron chi connectivity index (χ1n) is 12.0. The average molecular weight is 504 g/mol. The van der Waals surface area contributed by atoms with E-state index in [1.165, 1.54) is 0 Å². The zero-order valence-corrected chi connectivity index (χ0v) is 22.8. The minimum absolute atomic E-state index is 0.120. The van der Waals surface area contributed by atoms with Crippen LogP contribution in [0.1, 0.15) is 49.3 Å². The minimum atomic E-state index is -0.536. The van der Waals surface area contributed by atoms with Gasteiger partial charge in [0.05, 0.1) is 30.6 Å². The van der Waals surface area contributed by atoms with E-state index >= 15 is 0 Å². The normalized spacial score (nSPS) is 16.1. The van der Waals surface area contributed by atoms with E-state index in [1.54, 1.807) is 25.1 Å². The summed E-state index contributed by atoms with van der Waals surface area (Å²) in [6, 6.07) is 15.6. The number of ether oxygens (including phenoxy) is 1. The summed E-state index contributed by atoms with van der Waals surface area (Å²) >= 11 is 1.63. The lowest BCUT2D eigenvalue weighted by Crippen LogP contribution is -2.41. The van der Waals surface area contributed by atoms with Gasteiger partial charge in [0, 0.05) is 22.1 Å². The monoisotopic (exact) mass is 504 g/mol. The van der Waals surface area contributed by atoms with Crippen LogP contribution in [-0.2, 0) is 15.9 Å². The van der Waals surface area contributed by atoms with Crippen molar-refractivity contribution in [3.8, 4) is 16.9 Å². The number of benzene rings is 2. The van der Waals surface area contributed by atoms with Crippen molar-refractivity contribution in [1.29, 1.82) is 0 Å². The van der Waals surface area contributed by atoms with E-state index in [2.05, 4.69) is 10.3 Å². The summed E-state index contributed by atoms with van der Waals surface area (Å²) in [5, 5.41) is 2.99. The third-order valence-corrected chi connectivity index (χ3v) is 7.87. The van der Waals surface area contributed by atoms with Gasteiger partial charge in [-0.3, -0.25) is 9.78 Å². The maximum absolute atomic E-state index is 12.7. The summed E-state index contributed by atoms with van der Waals surface area (Å²) in [4.78, 5) is 18.3. The van der Waals surface area contributed by atoms with E-state index in [4.69, 9.17) is 14.0 Å². The average Bonchev–Trinajstić information content (AvgIpc) is 3.09. The summed E-state index contributed by atoms with van der Waals surface area (Å²) in [5.41, 5.74) is 4.48. The Morgan fingerprint density at radius 2 is 1.72 bits per heavy atom. The molecule has 1 N–H and O–H groups in total. The molecule has 1 aliphatic rings. The molecule has 1 amide bonds. The smallest absolute Gasteiger partial charge is 0.497 e. The first-order chi connectivity index (χ1) is 17.0. The van der Waals surface area contributed by atoms with Crippen LogP contribution in [0.5, 0.6) is 5.75 Å². The van der Waals surface area contributed by atoms with E-state index in [0.717, 1.165) is 32.7 Å². The van der Waals surface area contributed by atoms with Gasteiger partial charge in [0.2, 0.25) is 0 Å². The summed E-state index contributed by atoms with van der Waals surface area (Å²) in [6.07, 6.45) is 3.77. The summed E-state index contributed by atoms with van der Waals surface area (Å²) in [5.74, 6) is 0.589. The fourth-order valence-corrected chi connectivity index (χ4v) is 4.69. The van der Waals surface area contributed by atoms with Crippen molar-refractivity contribution in [3.63, 3.8) is 0 Å². The topological polar surface area (TPSA) is 69.7 Å². The van der Waals surface area contributed by atoms with Crippen molar-refractivity contribution in [1.82, 2.24) is 10.3 Å². The number of methoxy groups -OCH3 is 1. The molecule has 6 nitrogen and oxygen atoms in total. The molecule has 0 saturated carbocycles. The van der Waals surface area contributed by atoms with Gasteiger partial charge < -0.3 is 19.4 Å². The molecular weight excluding hydrogens is 471 g/mol. The highest BCUT2D eigenvalue weighted by Gasteiger charge is 2.52. The highest BCUT2D eigenvalue weighted by atomic mass is 32.2. The number of rotatable bonds is 7. The summed E-state index contributed by atoms with van der Waals surface area (Å²) in [7, 11) is 1.11. The van der Waals surface area contributed by atoms with Gasteiger partial charge in [0.1, 0.15) is 5.75 Å². The van der Waals surface area contributed by atoms with Crippen molar-refractivity contribution in [2.75, 3.05) is 13.4 Å². The number of nitrogens with one attached hydrogen (secondary N) is 1. The quantitative estimate of drug-likeness (QED) is 0.360. The SMILES string of the molecule is COc1ccc(-c2ccnc(CNC(=O)c3ccc(C)c(SC)c3)c2)cc1B1OC(C)(C)C(C)(C)O1. The molecule has 1 saturated heterocycles. The highest BCUT2D eigenvalue weighted by Crippen LogP contribution is 2.37. The Kier molecular flexibility index (Phi) is 7.50. The molecule has 1 aliphatic heterocycles. The standard InChI is InChI=1S/C28H33BN2O4S/c1-18-8-9-21(16-25(18)36-7)26(32)31-17-22-14-20(12-13-30-22)19-10-11-24(33-6)23(15-19)29-34-27(2,3)28(4,5)35-29/h8-16H,17H2,1-7H3,(H,31,32). The zero-order valence-electron chi connectivity index (χ0n) is 22.0. The van der Waals surface area contributed by atoms with Gasteiger partial charge in [0.15, 0.2) is 0 Å². The van der Waals surface area contributed by atoms with Crippen molar-refractivity contribution < 1.29 is 18.8 Å². The van der Waals surface area contributed by atoms with E-state index in [1.807, 2.05) is 89.4 Å². The molecule has 188 valence electrons. The number of hydrogen-bond acceptors (Lipinski definition) is 6. The van der Waals surface area contributed by atoms with Crippen LogP contribution in [0.15, 0.2) is 59.6 Å². The molecule has 3 aromatic rings. The van der Waals surface area contributed by atoms with Crippen LogP contribution < -0.4 is 15.5 Å². The Morgan fingerprint density at radius 3 is 2.39 bits per heavy atom. The van der Waals surface area contributed by atoms with E-state index < -0.39 is 18.3 Å². The Balaban J connectivity index is 1.54. The Labute approximate surface area is 218 Å². The number of hydrogen-bond donors (Lipinski definition) is 1. The number of amides is 1. The molecule has 1 fully saturated rings. The molecule has 8 heteroatoms. The number of aryl methyl sites for hydroxylation is 1. The predicted octanol–water partition coefficient (Wildman–Crippen LogP) is 5.02. The van der Waals surface area contributed by atoms with Crippen LogP contribution in [-0.4, -0.2) is 42.6 Å². The van der Waals surface area contributed by atoms with Gasteiger partial charge >= 0.3 is 7.12 Å². The third kappa shape index (κ3) is 5.31. The van der Waals surface area contributed by atoms with Crippen molar-refractivity contribution >= 4 is 30.3 Å². The van der Waals surface area contributed by atoms with Gasteiger partial charge in [-0.05, 0) is 87.9 Å². The molecule has 0 unspecified atom stereocenters. The molecule has 0 spiro atoms. The van der Waals surface area contributed by atoms with E-state index in [0.29, 0.717) is 17.9 Å². The lowest BCUT2D eigenvalue weighted by atomic mass is 9.77. The first-order valence-corrected chi connectivity index (χ1v) is 13.2. The highest BCUT2D eigenvalue weighted by molar-refractivity contribution is 7.98. The molecule has 0 bridgehead atoms. The Bertz CT molecular complexity index is 1260. The van der Waals surface area contributed by atoms with Crippen molar-refractivity contribution in [3.05, 3.63) is 71.5 Å². The summed E-state index contributed by atoms with van der Waals surface area (Å²) in [6.45, 7) is 10.5. The maximum Gasteiger partial charge on any atom is 0.498 e. The Morgan fingerprint density at radius 1 is 1.03 bits per heavy atom. The fraction of sp³-hybridized carbons (Fsp3) is 0.357. The van der Waals surface area contributed by atoms with Crippen LogP contribution in [0.3, 0.4) is 0 Å². The third-order valence-electron chi connectivity index (χ3n) is 6.99. The molecule has 0 aliphatic carbocycles. The maximum atomic E-state index is 12.7. The van der Waals surface area contributed by atoms with Gasteiger partial charge in [0.25, 0.3) is 5.91 Å². The molecule has 2 aromatic carbocycles. The molecule has 1 aromatic heterocycles. The van der Waals surface area contributed by atoms with Gasteiger partial charge in [-0.15, -0.1) is 11.8 Å². The molecule has 0 radical (unpaired) electrons. The second-order valence-corrected chi connectivity index (χ2v) is 10.8. The number of thioether (sulfide) groups is 1. The van der Waals surface area contributed by atoms with Crippen LogP contribution in [0.2, 0.25) is 0 Å². The molecule has 4 rings (SSSR count). The second kappa shape index (κ2) is 10.3. The van der Waals surface area contributed by atoms with Crippen molar-refractivity contribution in [2.45, 2.75) is 57.3 Å². The van der Waals surface area contributed by atoms with Crippen LogP contribution in [0.25, 0.3) is 11.1 Å². The van der Waals surface area contributed by atoms with Gasteiger partial charge in [-0.2, -0.15) is 0 Å². The van der Waals surface area contributed by atoms with Crippen LogP contribution in [0.4, 0.5) is 0 Å². The lowest BCUT2D eigenvalue weighted by molar-refractivity contribution is 0.00578. The minimum Gasteiger partial charge on any atom is -0.497 e. The summed E-state index contributed by atoms with van der Waals surface area (Å²) < 4.78 is 18.2. The second-order valence-electron chi connectivity index (χ2n) is 9.95.